The largest absolute Gasteiger partial charge is 0.360 e. The standard InChI is InChI=1S/C11H17N5O2S/c1-2-4-13-11-15-14-9(19-11)10(18)16-6-3-5-12-8(17)7-16/h2-7H2,1H3,(H,12,17)(H,13,15). The molecule has 0 radical (unpaired) electrons. The summed E-state index contributed by atoms with van der Waals surface area (Å²) in [4.78, 5) is 25.2. The van der Waals surface area contributed by atoms with E-state index in [1.165, 1.54) is 16.2 Å². The molecule has 0 saturated carbocycles. The fourth-order valence-corrected chi connectivity index (χ4v) is 2.46. The van der Waals surface area contributed by atoms with Crippen LogP contribution in [0.2, 0.25) is 0 Å². The van der Waals surface area contributed by atoms with Crippen molar-refractivity contribution in [1.29, 1.82) is 0 Å². The summed E-state index contributed by atoms with van der Waals surface area (Å²) in [6.07, 6.45) is 1.74. The summed E-state index contributed by atoms with van der Waals surface area (Å²) in [6.45, 7) is 4.12. The van der Waals surface area contributed by atoms with E-state index in [0.717, 1.165) is 19.4 Å². The van der Waals surface area contributed by atoms with Crippen LogP contribution in [0, 0.1) is 0 Å². The summed E-state index contributed by atoms with van der Waals surface area (Å²) in [6, 6.07) is 0. The molecule has 0 spiro atoms. The maximum atomic E-state index is 12.2. The molecule has 1 fully saturated rings. The molecule has 0 atom stereocenters. The van der Waals surface area contributed by atoms with Crippen molar-refractivity contribution in [3.8, 4) is 0 Å². The van der Waals surface area contributed by atoms with Crippen molar-refractivity contribution in [2.75, 3.05) is 31.5 Å². The minimum atomic E-state index is -0.223. The Balaban J connectivity index is 2.01. The number of aromatic nitrogens is 2. The highest BCUT2D eigenvalue weighted by molar-refractivity contribution is 7.17. The van der Waals surface area contributed by atoms with Crippen molar-refractivity contribution >= 4 is 28.3 Å². The molecule has 0 bridgehead atoms. The molecule has 0 unspecified atom stereocenters. The van der Waals surface area contributed by atoms with Crippen molar-refractivity contribution in [2.45, 2.75) is 19.8 Å². The van der Waals surface area contributed by atoms with E-state index in [1.807, 2.05) is 0 Å². The highest BCUT2D eigenvalue weighted by Gasteiger charge is 2.23. The number of hydrogen-bond acceptors (Lipinski definition) is 6. The van der Waals surface area contributed by atoms with Crippen molar-refractivity contribution in [3.05, 3.63) is 5.01 Å². The second kappa shape index (κ2) is 6.46. The number of nitrogens with zero attached hydrogens (tertiary/aromatic N) is 3. The third-order valence-corrected chi connectivity index (χ3v) is 3.55. The minimum absolute atomic E-state index is 0.0934. The number of amides is 2. The van der Waals surface area contributed by atoms with E-state index in [9.17, 15) is 9.59 Å². The highest BCUT2D eigenvalue weighted by atomic mass is 32.1. The number of carbonyl (C=O) groups is 2. The van der Waals surface area contributed by atoms with Crippen molar-refractivity contribution < 1.29 is 9.59 Å². The molecule has 2 rings (SSSR count). The summed E-state index contributed by atoms with van der Waals surface area (Å²) in [5.74, 6) is -0.348. The Bertz CT molecular complexity index is 462. The third kappa shape index (κ3) is 3.63. The molecule has 7 nitrogen and oxygen atoms in total. The van der Waals surface area contributed by atoms with Gasteiger partial charge in [0.1, 0.15) is 0 Å². The Morgan fingerprint density at radius 1 is 1.53 bits per heavy atom. The molecule has 19 heavy (non-hydrogen) atoms. The fourth-order valence-electron chi connectivity index (χ4n) is 1.73. The summed E-state index contributed by atoms with van der Waals surface area (Å²) in [5, 5.41) is 14.6. The van der Waals surface area contributed by atoms with Crippen LogP contribution in [0.1, 0.15) is 29.6 Å². The van der Waals surface area contributed by atoms with Gasteiger partial charge in [0, 0.05) is 19.6 Å². The van der Waals surface area contributed by atoms with Gasteiger partial charge in [0.15, 0.2) is 0 Å². The molecule has 8 heteroatoms. The lowest BCUT2D eigenvalue weighted by molar-refractivity contribution is -0.121. The normalized spacial score (nSPS) is 15.8. The van der Waals surface area contributed by atoms with E-state index in [4.69, 9.17) is 0 Å². The van der Waals surface area contributed by atoms with Gasteiger partial charge >= 0.3 is 0 Å². The number of hydrogen-bond donors (Lipinski definition) is 2. The Morgan fingerprint density at radius 2 is 2.37 bits per heavy atom. The van der Waals surface area contributed by atoms with Crippen LogP contribution in [0.25, 0.3) is 0 Å². The topological polar surface area (TPSA) is 87.2 Å². The average molecular weight is 283 g/mol. The summed E-state index contributed by atoms with van der Waals surface area (Å²) >= 11 is 1.23. The van der Waals surface area contributed by atoms with Gasteiger partial charge in [0.25, 0.3) is 5.91 Å². The van der Waals surface area contributed by atoms with Gasteiger partial charge in [-0.3, -0.25) is 9.59 Å². The van der Waals surface area contributed by atoms with Gasteiger partial charge in [0.2, 0.25) is 16.0 Å². The number of nitrogens with one attached hydrogen (secondary N) is 2. The first kappa shape index (κ1) is 13.7. The Labute approximate surface area is 115 Å². The molecule has 1 aliphatic rings. The van der Waals surface area contributed by atoms with Crippen molar-refractivity contribution in [2.24, 2.45) is 0 Å². The Hall–Kier alpha value is -1.70. The first-order chi connectivity index (χ1) is 9.20. The van der Waals surface area contributed by atoms with Gasteiger partial charge in [-0.2, -0.15) is 0 Å². The molecule has 0 aliphatic carbocycles. The van der Waals surface area contributed by atoms with E-state index in [-0.39, 0.29) is 18.4 Å². The van der Waals surface area contributed by atoms with Gasteiger partial charge in [0.05, 0.1) is 6.54 Å². The maximum absolute atomic E-state index is 12.2. The van der Waals surface area contributed by atoms with Crippen LogP contribution in [-0.2, 0) is 4.79 Å². The summed E-state index contributed by atoms with van der Waals surface area (Å²) in [7, 11) is 0. The zero-order chi connectivity index (χ0) is 13.7. The van der Waals surface area contributed by atoms with E-state index in [1.54, 1.807) is 0 Å². The Kier molecular flexibility index (Phi) is 4.67. The van der Waals surface area contributed by atoms with E-state index < -0.39 is 0 Å². The third-order valence-electron chi connectivity index (χ3n) is 2.68. The fraction of sp³-hybridized carbons (Fsp3) is 0.636. The van der Waals surface area contributed by atoms with E-state index >= 15 is 0 Å². The lowest BCUT2D eigenvalue weighted by Gasteiger charge is -2.16. The quantitative estimate of drug-likeness (QED) is 0.831. The van der Waals surface area contributed by atoms with E-state index in [2.05, 4.69) is 27.8 Å². The van der Waals surface area contributed by atoms with Gasteiger partial charge in [-0.15, -0.1) is 10.2 Å². The molecular formula is C11H17N5O2S. The molecule has 1 aromatic heterocycles. The molecular weight excluding hydrogens is 266 g/mol. The molecule has 104 valence electrons. The number of carbonyl (C=O) groups excluding carboxylic acids is 2. The lowest BCUT2D eigenvalue weighted by atomic mass is 10.4. The molecule has 1 aliphatic heterocycles. The molecule has 2 N–H and O–H groups in total. The second-order valence-corrected chi connectivity index (χ2v) is 5.25. The smallest absolute Gasteiger partial charge is 0.285 e. The van der Waals surface area contributed by atoms with Crippen LogP contribution < -0.4 is 10.6 Å². The Morgan fingerprint density at radius 3 is 3.16 bits per heavy atom. The molecule has 0 aromatic carbocycles. The van der Waals surface area contributed by atoms with E-state index in [0.29, 0.717) is 23.2 Å². The molecule has 2 heterocycles. The van der Waals surface area contributed by atoms with Crippen LogP contribution in [-0.4, -0.2) is 53.1 Å². The van der Waals surface area contributed by atoms with Gasteiger partial charge in [-0.25, -0.2) is 0 Å². The highest BCUT2D eigenvalue weighted by Crippen LogP contribution is 2.17. The molecule has 1 aromatic rings. The average Bonchev–Trinajstić information content (AvgIpc) is 2.77. The van der Waals surface area contributed by atoms with Crippen LogP contribution in [0.3, 0.4) is 0 Å². The van der Waals surface area contributed by atoms with Crippen molar-refractivity contribution in [3.63, 3.8) is 0 Å². The summed E-state index contributed by atoms with van der Waals surface area (Å²) < 4.78 is 0. The predicted octanol–water partition coefficient (Wildman–Crippen LogP) is 0.322. The van der Waals surface area contributed by atoms with Crippen LogP contribution >= 0.6 is 11.3 Å². The zero-order valence-corrected chi connectivity index (χ0v) is 11.6. The first-order valence-electron chi connectivity index (χ1n) is 6.34. The maximum Gasteiger partial charge on any atom is 0.285 e. The molecule has 1 saturated heterocycles. The summed E-state index contributed by atoms with van der Waals surface area (Å²) in [5.41, 5.74) is 0. The van der Waals surface area contributed by atoms with Gasteiger partial charge < -0.3 is 15.5 Å². The number of rotatable bonds is 4. The zero-order valence-electron chi connectivity index (χ0n) is 10.8. The van der Waals surface area contributed by atoms with Crippen LogP contribution in [0.5, 0.6) is 0 Å². The van der Waals surface area contributed by atoms with Gasteiger partial charge in [-0.05, 0) is 12.8 Å². The van der Waals surface area contributed by atoms with Crippen LogP contribution in [0.15, 0.2) is 0 Å². The second-order valence-electron chi connectivity index (χ2n) is 4.27. The van der Waals surface area contributed by atoms with Gasteiger partial charge in [-0.1, -0.05) is 18.3 Å². The minimum Gasteiger partial charge on any atom is -0.360 e. The first-order valence-corrected chi connectivity index (χ1v) is 7.15. The SMILES string of the molecule is CCCNc1nnc(C(=O)N2CCCNC(=O)C2)s1. The van der Waals surface area contributed by atoms with Crippen LogP contribution in [0.4, 0.5) is 5.13 Å². The lowest BCUT2D eigenvalue weighted by Crippen LogP contribution is -2.37. The monoisotopic (exact) mass is 283 g/mol. The predicted molar refractivity (Wildman–Crippen MR) is 72.2 cm³/mol. The van der Waals surface area contributed by atoms with Crippen molar-refractivity contribution in [1.82, 2.24) is 20.4 Å². The number of anilines is 1. The molecule has 2 amide bonds.